The number of hydrogen-bond acceptors (Lipinski definition) is 2. The normalized spacial score (nSPS) is 10.4. The summed E-state index contributed by atoms with van der Waals surface area (Å²) in [5, 5.41) is 4.10. The van der Waals surface area contributed by atoms with Crippen LogP contribution in [0.25, 0.3) is 11.1 Å². The van der Waals surface area contributed by atoms with Crippen LogP contribution in [0.1, 0.15) is 15.9 Å². The molecule has 1 heterocycles. The van der Waals surface area contributed by atoms with Crippen LogP contribution in [0.2, 0.25) is 0 Å². The van der Waals surface area contributed by atoms with Crippen molar-refractivity contribution >= 4 is 5.91 Å². The highest BCUT2D eigenvalue weighted by molar-refractivity contribution is 5.94. The van der Waals surface area contributed by atoms with Gasteiger partial charge in [0.15, 0.2) is 0 Å². The van der Waals surface area contributed by atoms with Crippen LogP contribution in [0.3, 0.4) is 0 Å². The van der Waals surface area contributed by atoms with Gasteiger partial charge in [-0.2, -0.15) is 5.10 Å². The zero-order valence-electron chi connectivity index (χ0n) is 9.27. The fourth-order valence-electron chi connectivity index (χ4n) is 1.66. The molecule has 0 radical (unpaired) electrons. The van der Waals surface area contributed by atoms with E-state index in [-0.39, 0.29) is 0 Å². The van der Waals surface area contributed by atoms with Gasteiger partial charge in [-0.15, -0.1) is 0 Å². The Bertz CT molecular complexity index is 543. The maximum atomic E-state index is 11.1. The topological polar surface area (TPSA) is 60.9 Å². The molecule has 1 amide bonds. The molecule has 1 aromatic heterocycles. The predicted octanol–water partition coefficient (Wildman–Crippen LogP) is 1.49. The van der Waals surface area contributed by atoms with Crippen LogP contribution in [-0.2, 0) is 7.05 Å². The number of amides is 1. The van der Waals surface area contributed by atoms with E-state index < -0.39 is 5.91 Å². The first kappa shape index (κ1) is 10.4. The number of nitrogens with zero attached hydrogens (tertiary/aromatic N) is 2. The molecule has 0 saturated carbocycles. The van der Waals surface area contributed by atoms with Crippen molar-refractivity contribution < 1.29 is 4.79 Å². The number of carbonyl (C=O) groups excluding carboxylic acids is 1. The first-order valence-electron chi connectivity index (χ1n) is 4.97. The number of aromatic nitrogens is 2. The Morgan fingerprint density at radius 3 is 2.62 bits per heavy atom. The SMILES string of the molecule is Cc1cc(C(N)=O)cc(-c2cnn(C)c2)c1. The van der Waals surface area contributed by atoms with Crippen molar-refractivity contribution in [3.8, 4) is 11.1 Å². The molecule has 0 unspecified atom stereocenters. The van der Waals surface area contributed by atoms with Gasteiger partial charge in [0.2, 0.25) is 5.91 Å². The van der Waals surface area contributed by atoms with Crippen molar-refractivity contribution in [2.75, 3.05) is 0 Å². The maximum absolute atomic E-state index is 11.1. The molecule has 0 aliphatic rings. The lowest BCUT2D eigenvalue weighted by atomic mass is 10.0. The summed E-state index contributed by atoms with van der Waals surface area (Å²) in [5.74, 6) is -0.408. The Kier molecular flexibility index (Phi) is 2.48. The molecule has 0 fully saturated rings. The smallest absolute Gasteiger partial charge is 0.248 e. The first-order chi connectivity index (χ1) is 7.56. The largest absolute Gasteiger partial charge is 0.366 e. The fourth-order valence-corrected chi connectivity index (χ4v) is 1.66. The Hall–Kier alpha value is -2.10. The molecule has 0 aliphatic carbocycles. The van der Waals surface area contributed by atoms with Gasteiger partial charge in [-0.3, -0.25) is 9.48 Å². The molecule has 2 N–H and O–H groups in total. The molecule has 2 aromatic rings. The van der Waals surface area contributed by atoms with E-state index in [4.69, 9.17) is 5.73 Å². The zero-order chi connectivity index (χ0) is 11.7. The molecule has 0 atom stereocenters. The van der Waals surface area contributed by atoms with Crippen molar-refractivity contribution in [2.45, 2.75) is 6.92 Å². The average Bonchev–Trinajstić information content (AvgIpc) is 2.64. The van der Waals surface area contributed by atoms with Gasteiger partial charge in [-0.1, -0.05) is 6.07 Å². The summed E-state index contributed by atoms with van der Waals surface area (Å²) in [6, 6.07) is 5.57. The second-order valence-corrected chi connectivity index (χ2v) is 3.85. The van der Waals surface area contributed by atoms with Crippen LogP contribution in [0.5, 0.6) is 0 Å². The highest BCUT2D eigenvalue weighted by Gasteiger charge is 2.06. The van der Waals surface area contributed by atoms with Gasteiger partial charge in [0.1, 0.15) is 0 Å². The number of aryl methyl sites for hydroxylation is 2. The zero-order valence-corrected chi connectivity index (χ0v) is 9.27. The number of hydrogen-bond donors (Lipinski definition) is 1. The molecule has 82 valence electrons. The van der Waals surface area contributed by atoms with Gasteiger partial charge in [-0.25, -0.2) is 0 Å². The minimum absolute atomic E-state index is 0.408. The fraction of sp³-hybridized carbons (Fsp3) is 0.167. The average molecular weight is 215 g/mol. The third kappa shape index (κ3) is 1.95. The Morgan fingerprint density at radius 1 is 1.31 bits per heavy atom. The summed E-state index contributed by atoms with van der Waals surface area (Å²) in [6.07, 6.45) is 3.67. The maximum Gasteiger partial charge on any atom is 0.248 e. The minimum atomic E-state index is -0.408. The van der Waals surface area contributed by atoms with Crippen LogP contribution in [0.15, 0.2) is 30.6 Å². The van der Waals surface area contributed by atoms with Crippen LogP contribution in [-0.4, -0.2) is 15.7 Å². The first-order valence-corrected chi connectivity index (χ1v) is 4.97. The number of carbonyl (C=O) groups is 1. The predicted molar refractivity (Wildman–Crippen MR) is 61.9 cm³/mol. The standard InChI is InChI=1S/C12H13N3O/c1-8-3-9(5-10(4-8)12(13)16)11-6-14-15(2)7-11/h3-7H,1-2H3,(H2,13,16). The van der Waals surface area contributed by atoms with Crippen LogP contribution >= 0.6 is 0 Å². The number of primary amides is 1. The van der Waals surface area contributed by atoms with E-state index in [1.54, 1.807) is 23.0 Å². The van der Waals surface area contributed by atoms with Gasteiger partial charge in [0.05, 0.1) is 6.20 Å². The summed E-state index contributed by atoms with van der Waals surface area (Å²) in [7, 11) is 1.86. The summed E-state index contributed by atoms with van der Waals surface area (Å²) >= 11 is 0. The molecular weight excluding hydrogens is 202 g/mol. The molecule has 1 aromatic carbocycles. The van der Waals surface area contributed by atoms with Gasteiger partial charge in [0.25, 0.3) is 0 Å². The van der Waals surface area contributed by atoms with Crippen molar-refractivity contribution in [2.24, 2.45) is 12.8 Å². The van der Waals surface area contributed by atoms with Crippen molar-refractivity contribution in [1.82, 2.24) is 9.78 Å². The molecule has 2 rings (SSSR count). The minimum Gasteiger partial charge on any atom is -0.366 e. The third-order valence-corrected chi connectivity index (χ3v) is 2.40. The van der Waals surface area contributed by atoms with Crippen LogP contribution in [0.4, 0.5) is 0 Å². The Balaban J connectivity index is 2.53. The molecule has 0 saturated heterocycles. The Morgan fingerprint density at radius 2 is 2.06 bits per heavy atom. The lowest BCUT2D eigenvalue weighted by molar-refractivity contribution is 0.100. The molecule has 4 heteroatoms. The van der Waals surface area contributed by atoms with E-state index in [0.717, 1.165) is 16.7 Å². The van der Waals surface area contributed by atoms with Crippen molar-refractivity contribution in [1.29, 1.82) is 0 Å². The summed E-state index contributed by atoms with van der Waals surface area (Å²) < 4.78 is 1.72. The quantitative estimate of drug-likeness (QED) is 0.825. The third-order valence-electron chi connectivity index (χ3n) is 2.40. The highest BCUT2D eigenvalue weighted by atomic mass is 16.1. The van der Waals surface area contributed by atoms with E-state index in [9.17, 15) is 4.79 Å². The van der Waals surface area contributed by atoms with Crippen LogP contribution < -0.4 is 5.73 Å². The number of rotatable bonds is 2. The monoisotopic (exact) mass is 215 g/mol. The van der Waals surface area contributed by atoms with Crippen molar-refractivity contribution in [3.05, 3.63) is 41.7 Å². The van der Waals surface area contributed by atoms with Gasteiger partial charge in [0, 0.05) is 24.4 Å². The van der Waals surface area contributed by atoms with Gasteiger partial charge in [-0.05, 0) is 30.2 Å². The van der Waals surface area contributed by atoms with Crippen LogP contribution in [0, 0.1) is 6.92 Å². The summed E-state index contributed by atoms with van der Waals surface area (Å²) in [6.45, 7) is 1.94. The number of benzene rings is 1. The van der Waals surface area contributed by atoms with E-state index >= 15 is 0 Å². The van der Waals surface area contributed by atoms with Crippen molar-refractivity contribution in [3.63, 3.8) is 0 Å². The van der Waals surface area contributed by atoms with E-state index in [0.29, 0.717) is 5.56 Å². The van der Waals surface area contributed by atoms with E-state index in [2.05, 4.69) is 5.10 Å². The lowest BCUT2D eigenvalue weighted by Gasteiger charge is -2.03. The molecule has 16 heavy (non-hydrogen) atoms. The second kappa shape index (κ2) is 3.81. The van der Waals surface area contributed by atoms with E-state index in [1.165, 1.54) is 0 Å². The molecule has 4 nitrogen and oxygen atoms in total. The molecule has 0 spiro atoms. The number of nitrogens with two attached hydrogens (primary N) is 1. The van der Waals surface area contributed by atoms with Gasteiger partial charge >= 0.3 is 0 Å². The van der Waals surface area contributed by atoms with E-state index in [1.807, 2.05) is 26.2 Å². The second-order valence-electron chi connectivity index (χ2n) is 3.85. The highest BCUT2D eigenvalue weighted by Crippen LogP contribution is 2.21. The van der Waals surface area contributed by atoms with Gasteiger partial charge < -0.3 is 5.73 Å². The summed E-state index contributed by atoms with van der Waals surface area (Å²) in [4.78, 5) is 11.1. The summed E-state index contributed by atoms with van der Waals surface area (Å²) in [5.41, 5.74) is 8.75. The Labute approximate surface area is 93.7 Å². The molecular formula is C12H13N3O. The lowest BCUT2D eigenvalue weighted by Crippen LogP contribution is -2.11. The molecule has 0 aliphatic heterocycles. The molecule has 0 bridgehead atoms.